The Morgan fingerprint density at radius 2 is 1.90 bits per heavy atom. The average molecular weight is 457 g/mol. The first kappa shape index (κ1) is 25.1. The lowest BCUT2D eigenvalue weighted by molar-refractivity contribution is -0.118. The van der Waals surface area contributed by atoms with Crippen LogP contribution in [0.5, 0.6) is 5.75 Å². The highest BCUT2D eigenvalue weighted by Crippen LogP contribution is 2.27. The Morgan fingerprint density at radius 1 is 1.19 bits per heavy atom. The molecule has 0 aliphatic carbocycles. The molecule has 174 valence electrons. The summed E-state index contributed by atoms with van der Waals surface area (Å²) in [6.45, 7) is 8.62. The van der Waals surface area contributed by atoms with E-state index in [0.29, 0.717) is 32.4 Å². The van der Waals surface area contributed by atoms with Gasteiger partial charge in [0.15, 0.2) is 21.4 Å². The van der Waals surface area contributed by atoms with Crippen molar-refractivity contribution in [3.05, 3.63) is 29.6 Å². The molecule has 0 radical (unpaired) electrons. The second-order valence-corrected chi connectivity index (χ2v) is 11.6. The van der Waals surface area contributed by atoms with Gasteiger partial charge in [-0.15, -0.1) is 0 Å². The number of sulfone groups is 1. The second kappa shape index (κ2) is 10.4. The van der Waals surface area contributed by atoms with Crippen LogP contribution in [0.2, 0.25) is 0 Å². The van der Waals surface area contributed by atoms with E-state index >= 15 is 0 Å². The fourth-order valence-electron chi connectivity index (χ4n) is 3.26. The normalized spacial score (nSPS) is 15.8. The van der Waals surface area contributed by atoms with Gasteiger partial charge in [0.2, 0.25) is 5.91 Å². The monoisotopic (exact) mass is 456 g/mol. The molecule has 1 heterocycles. The van der Waals surface area contributed by atoms with Crippen molar-refractivity contribution in [3.8, 4) is 5.75 Å². The number of unbranched alkanes of at least 4 members (excludes halogenated alkanes) is 2. The third-order valence-electron chi connectivity index (χ3n) is 4.94. The van der Waals surface area contributed by atoms with Crippen LogP contribution in [-0.4, -0.2) is 56.5 Å². The van der Waals surface area contributed by atoms with Crippen LogP contribution in [0, 0.1) is 11.2 Å². The van der Waals surface area contributed by atoms with Gasteiger partial charge in [0.05, 0.1) is 18.1 Å². The van der Waals surface area contributed by atoms with Crippen molar-refractivity contribution in [1.82, 2.24) is 10.2 Å². The molecule has 1 aliphatic heterocycles. The molecule has 0 aromatic heterocycles. The van der Waals surface area contributed by atoms with Gasteiger partial charge in [0, 0.05) is 6.54 Å². The highest BCUT2D eigenvalue weighted by molar-refractivity contribution is 7.91. The van der Waals surface area contributed by atoms with Crippen LogP contribution in [0.3, 0.4) is 0 Å². The van der Waals surface area contributed by atoms with Crippen molar-refractivity contribution >= 4 is 21.8 Å². The van der Waals surface area contributed by atoms with Gasteiger partial charge in [-0.05, 0) is 41.9 Å². The van der Waals surface area contributed by atoms with Crippen molar-refractivity contribution in [3.63, 3.8) is 0 Å². The number of carbonyl (C=O) groups is 2. The van der Waals surface area contributed by atoms with Crippen molar-refractivity contribution < 1.29 is 27.1 Å². The smallest absolute Gasteiger partial charge is 0.324 e. The zero-order chi connectivity index (χ0) is 23.2. The minimum absolute atomic E-state index is 0.0274. The number of rotatable bonds is 11. The Kier molecular flexibility index (Phi) is 8.45. The van der Waals surface area contributed by atoms with E-state index in [-0.39, 0.29) is 41.0 Å². The molecular formula is C22H33FN2O5S. The van der Waals surface area contributed by atoms with Gasteiger partial charge < -0.3 is 9.64 Å². The molecule has 1 aromatic rings. The Balaban J connectivity index is 1.81. The molecule has 0 unspecified atom stereocenters. The zero-order valence-electron chi connectivity index (χ0n) is 18.7. The average Bonchev–Trinajstić information content (AvgIpc) is 2.96. The van der Waals surface area contributed by atoms with E-state index in [4.69, 9.17) is 4.74 Å². The van der Waals surface area contributed by atoms with E-state index in [9.17, 15) is 22.4 Å². The summed E-state index contributed by atoms with van der Waals surface area (Å²) in [6.07, 6.45) is 1.77. The third-order valence-corrected chi connectivity index (χ3v) is 6.86. The minimum Gasteiger partial charge on any atom is -0.490 e. The van der Waals surface area contributed by atoms with Crippen LogP contribution in [0.4, 0.5) is 9.18 Å². The van der Waals surface area contributed by atoms with E-state index in [2.05, 4.69) is 5.32 Å². The molecule has 1 N–H and O–H groups in total. The summed E-state index contributed by atoms with van der Waals surface area (Å²) >= 11 is 0. The number of hydrogen-bond acceptors (Lipinski definition) is 5. The molecule has 7 nitrogen and oxygen atoms in total. The number of carbonyl (C=O) groups excluding carboxylic acids is 2. The van der Waals surface area contributed by atoms with E-state index in [1.54, 1.807) is 19.1 Å². The number of hydrogen-bond donors (Lipinski definition) is 1. The van der Waals surface area contributed by atoms with E-state index in [1.807, 2.05) is 20.8 Å². The third kappa shape index (κ3) is 8.47. The molecule has 2 rings (SSSR count). The van der Waals surface area contributed by atoms with E-state index < -0.39 is 21.7 Å². The first-order valence-corrected chi connectivity index (χ1v) is 12.4. The molecular weight excluding hydrogens is 423 g/mol. The van der Waals surface area contributed by atoms with E-state index in [0.717, 1.165) is 5.56 Å². The number of ether oxygens (including phenoxy) is 1. The Morgan fingerprint density at radius 3 is 2.52 bits per heavy atom. The Bertz CT molecular complexity index is 896. The Labute approximate surface area is 184 Å². The molecule has 1 saturated heterocycles. The quantitative estimate of drug-likeness (QED) is 0.406. The SMILES string of the molecule is C[C@@H](CS(=O)(=O)CCCCCN1CC(=O)NC1=O)c1ccc(F)c(OCC(C)(C)C)c1. The molecule has 3 amide bonds. The fraction of sp³-hybridized carbons (Fsp3) is 0.636. The summed E-state index contributed by atoms with van der Waals surface area (Å²) in [7, 11) is -3.29. The van der Waals surface area contributed by atoms with Crippen LogP contribution in [0.1, 0.15) is 58.4 Å². The molecule has 0 bridgehead atoms. The molecule has 31 heavy (non-hydrogen) atoms. The van der Waals surface area contributed by atoms with Crippen LogP contribution in [0.15, 0.2) is 18.2 Å². The first-order chi connectivity index (χ1) is 14.4. The van der Waals surface area contributed by atoms with Crippen LogP contribution < -0.4 is 10.1 Å². The van der Waals surface area contributed by atoms with Gasteiger partial charge in [-0.2, -0.15) is 0 Å². The predicted octanol–water partition coefficient (Wildman–Crippen LogP) is 3.49. The second-order valence-electron chi connectivity index (χ2n) is 9.39. The minimum atomic E-state index is -3.29. The molecule has 0 spiro atoms. The number of urea groups is 1. The molecule has 1 fully saturated rings. The van der Waals surface area contributed by atoms with Crippen molar-refractivity contribution in [2.75, 3.05) is 31.2 Å². The summed E-state index contributed by atoms with van der Waals surface area (Å²) in [4.78, 5) is 24.0. The largest absolute Gasteiger partial charge is 0.490 e. The summed E-state index contributed by atoms with van der Waals surface area (Å²) in [6, 6.07) is 4.11. The maximum atomic E-state index is 14.1. The number of nitrogens with one attached hydrogen (secondary N) is 1. The molecule has 0 saturated carbocycles. The highest BCUT2D eigenvalue weighted by Gasteiger charge is 2.26. The number of amides is 3. The van der Waals surface area contributed by atoms with Crippen LogP contribution in [0.25, 0.3) is 0 Å². The summed E-state index contributed by atoms with van der Waals surface area (Å²) < 4.78 is 44.7. The number of benzene rings is 1. The maximum Gasteiger partial charge on any atom is 0.324 e. The standard InChI is InChI=1S/C22H33FN2O5S/c1-16(17-8-9-18(23)19(12-17)30-15-22(2,3)4)14-31(28,29)11-7-5-6-10-25-13-20(26)24-21(25)27/h8-9,12,16H,5-7,10-11,13-15H2,1-4H3,(H,24,26,27)/t16-/m0/s1. The van der Waals surface area contributed by atoms with Gasteiger partial charge in [-0.3, -0.25) is 10.1 Å². The maximum absolute atomic E-state index is 14.1. The van der Waals surface area contributed by atoms with Gasteiger partial charge >= 0.3 is 6.03 Å². The first-order valence-electron chi connectivity index (χ1n) is 10.6. The molecule has 1 aromatic carbocycles. The topological polar surface area (TPSA) is 92.8 Å². The lowest BCUT2D eigenvalue weighted by atomic mass is 9.98. The van der Waals surface area contributed by atoms with Crippen LogP contribution >= 0.6 is 0 Å². The highest BCUT2D eigenvalue weighted by atomic mass is 32.2. The van der Waals surface area contributed by atoms with Gasteiger partial charge in [0.1, 0.15) is 6.54 Å². The van der Waals surface area contributed by atoms with Crippen molar-refractivity contribution in [2.45, 2.75) is 52.9 Å². The molecule has 1 aliphatic rings. The summed E-state index contributed by atoms with van der Waals surface area (Å²) in [5.41, 5.74) is 0.601. The summed E-state index contributed by atoms with van der Waals surface area (Å²) in [5.74, 6) is -0.897. The number of halogens is 1. The predicted molar refractivity (Wildman–Crippen MR) is 117 cm³/mol. The van der Waals surface area contributed by atoms with Gasteiger partial charge in [0.25, 0.3) is 0 Å². The molecule has 9 heteroatoms. The van der Waals surface area contributed by atoms with Gasteiger partial charge in [-0.25, -0.2) is 17.6 Å². The van der Waals surface area contributed by atoms with E-state index in [1.165, 1.54) is 11.0 Å². The van der Waals surface area contributed by atoms with Crippen molar-refractivity contribution in [2.24, 2.45) is 5.41 Å². The van der Waals surface area contributed by atoms with Crippen molar-refractivity contribution in [1.29, 1.82) is 0 Å². The molecule has 1 atom stereocenters. The lowest BCUT2D eigenvalue weighted by Crippen LogP contribution is -2.29. The number of imide groups is 1. The zero-order valence-corrected chi connectivity index (χ0v) is 19.6. The van der Waals surface area contributed by atoms with Crippen LogP contribution in [-0.2, 0) is 14.6 Å². The Hall–Kier alpha value is -2.16. The summed E-state index contributed by atoms with van der Waals surface area (Å²) in [5, 5.41) is 2.21. The number of nitrogens with zero attached hydrogens (tertiary/aromatic N) is 1. The lowest BCUT2D eigenvalue weighted by Gasteiger charge is -2.20. The van der Waals surface area contributed by atoms with Gasteiger partial charge in [-0.1, -0.05) is 40.2 Å². The fourth-order valence-corrected chi connectivity index (χ4v) is 5.02.